The minimum Gasteiger partial charge on any atom is -0.444 e. The van der Waals surface area contributed by atoms with Crippen LogP contribution in [-0.2, 0) is 16.1 Å². The molecule has 0 aromatic heterocycles. The maximum absolute atomic E-state index is 13.0. The molecule has 1 aromatic rings. The summed E-state index contributed by atoms with van der Waals surface area (Å²) in [6.07, 6.45) is 20.8. The second-order valence-corrected chi connectivity index (χ2v) is 10.7. The first kappa shape index (κ1) is 33.1. The maximum Gasteiger partial charge on any atom is 0.416 e. The third kappa shape index (κ3) is 15.9. The molecule has 0 aliphatic heterocycles. The number of rotatable bonds is 22. The van der Waals surface area contributed by atoms with Crippen LogP contribution in [0.4, 0.5) is 4.79 Å². The first-order valence-electron chi connectivity index (χ1n) is 15.3. The van der Waals surface area contributed by atoms with E-state index in [4.69, 9.17) is 10.5 Å². The highest BCUT2D eigenvalue weighted by Gasteiger charge is 2.30. The summed E-state index contributed by atoms with van der Waals surface area (Å²) in [6, 6.07) is 8.85. The van der Waals surface area contributed by atoms with Gasteiger partial charge in [-0.2, -0.15) is 0 Å². The zero-order valence-corrected chi connectivity index (χ0v) is 24.2. The van der Waals surface area contributed by atoms with Crippen molar-refractivity contribution in [3.05, 3.63) is 35.9 Å². The van der Waals surface area contributed by atoms with Gasteiger partial charge in [0.15, 0.2) is 0 Å². The van der Waals surface area contributed by atoms with Crippen molar-refractivity contribution in [2.75, 3.05) is 6.54 Å². The van der Waals surface area contributed by atoms with Crippen LogP contribution in [0, 0.1) is 5.92 Å². The fourth-order valence-corrected chi connectivity index (χ4v) is 4.58. The van der Waals surface area contributed by atoms with Crippen molar-refractivity contribution < 1.29 is 14.3 Å². The fraction of sp³-hybridized carbons (Fsp3) is 0.750. The summed E-state index contributed by atoms with van der Waals surface area (Å²) >= 11 is 0. The minimum atomic E-state index is -0.685. The van der Waals surface area contributed by atoms with Crippen molar-refractivity contribution in [2.45, 2.75) is 143 Å². The van der Waals surface area contributed by atoms with Crippen LogP contribution in [-0.4, -0.2) is 29.5 Å². The molecule has 2 atom stereocenters. The number of ether oxygens (including phenoxy) is 1. The minimum absolute atomic E-state index is 0.0164. The van der Waals surface area contributed by atoms with E-state index in [-0.39, 0.29) is 18.4 Å². The molecule has 0 fully saturated rings. The molecule has 2 N–H and O–H groups in total. The molecule has 0 saturated heterocycles. The van der Waals surface area contributed by atoms with Crippen LogP contribution in [0.15, 0.2) is 30.3 Å². The molecule has 0 bridgehead atoms. The average Bonchev–Trinajstić information content (AvgIpc) is 2.92. The van der Waals surface area contributed by atoms with Gasteiger partial charge >= 0.3 is 6.09 Å². The van der Waals surface area contributed by atoms with Gasteiger partial charge in [0.25, 0.3) is 0 Å². The molecule has 5 heteroatoms. The van der Waals surface area contributed by atoms with Crippen LogP contribution < -0.4 is 5.73 Å². The summed E-state index contributed by atoms with van der Waals surface area (Å²) in [7, 11) is 0. The number of nitrogens with zero attached hydrogens (tertiary/aromatic N) is 1. The maximum atomic E-state index is 13.0. The second-order valence-electron chi connectivity index (χ2n) is 10.7. The molecule has 0 spiro atoms. The molecule has 2 amide bonds. The largest absolute Gasteiger partial charge is 0.444 e. The molecule has 212 valence electrons. The van der Waals surface area contributed by atoms with E-state index in [0.717, 1.165) is 31.2 Å². The third-order valence-electron chi connectivity index (χ3n) is 7.47. The van der Waals surface area contributed by atoms with Gasteiger partial charge in [-0.3, -0.25) is 4.79 Å². The highest BCUT2D eigenvalue weighted by molar-refractivity contribution is 5.95. The Morgan fingerprint density at radius 3 is 1.68 bits per heavy atom. The molecule has 0 aliphatic rings. The van der Waals surface area contributed by atoms with Crippen LogP contribution in [0.3, 0.4) is 0 Å². The molecule has 0 heterocycles. The summed E-state index contributed by atoms with van der Waals surface area (Å²) in [4.78, 5) is 27.0. The molecule has 0 radical (unpaired) electrons. The molecule has 1 rings (SSSR count). The zero-order valence-electron chi connectivity index (χ0n) is 24.2. The van der Waals surface area contributed by atoms with Crippen LogP contribution in [0.5, 0.6) is 0 Å². The van der Waals surface area contributed by atoms with Gasteiger partial charge < -0.3 is 10.5 Å². The summed E-state index contributed by atoms with van der Waals surface area (Å²) < 4.78 is 5.46. The molecular formula is C32H56N2O3. The number of carbonyl (C=O) groups is 2. The van der Waals surface area contributed by atoms with Crippen LogP contribution in [0.2, 0.25) is 0 Å². The number of nitrogens with two attached hydrogens (primary N) is 1. The molecule has 5 nitrogen and oxygen atoms in total. The fourth-order valence-electron chi connectivity index (χ4n) is 4.58. The van der Waals surface area contributed by atoms with Gasteiger partial charge in [0.1, 0.15) is 6.61 Å². The van der Waals surface area contributed by atoms with Gasteiger partial charge in [-0.15, -0.1) is 0 Å². The number of carbonyl (C=O) groups excluding carboxylic acids is 2. The normalized spacial score (nSPS) is 12.8. The Bertz CT molecular complexity index is 695. The third-order valence-corrected chi connectivity index (χ3v) is 7.47. The predicted molar refractivity (Wildman–Crippen MR) is 155 cm³/mol. The molecule has 37 heavy (non-hydrogen) atoms. The van der Waals surface area contributed by atoms with Crippen LogP contribution in [0.25, 0.3) is 0 Å². The highest BCUT2D eigenvalue weighted by Crippen LogP contribution is 2.15. The van der Waals surface area contributed by atoms with Crippen molar-refractivity contribution in [2.24, 2.45) is 11.7 Å². The first-order chi connectivity index (χ1) is 18.0. The van der Waals surface area contributed by atoms with E-state index in [1.807, 2.05) is 44.2 Å². The lowest BCUT2D eigenvalue weighted by molar-refractivity contribution is -0.132. The lowest BCUT2D eigenvalue weighted by Crippen LogP contribution is -2.50. The SMILES string of the molecule is CCCCCCCCCCCCCCCCCCN(C(=O)OCc1ccccc1)C(=O)[C@@H](N)[C@@H](C)CC. The summed E-state index contributed by atoms with van der Waals surface area (Å²) in [5.74, 6) is -0.309. The predicted octanol–water partition coefficient (Wildman–Crippen LogP) is 8.79. The lowest BCUT2D eigenvalue weighted by atomic mass is 9.99. The topological polar surface area (TPSA) is 72.6 Å². The van der Waals surface area contributed by atoms with Gasteiger partial charge in [0.05, 0.1) is 6.04 Å². The highest BCUT2D eigenvalue weighted by atomic mass is 16.6. The standard InChI is InChI=1S/C32H56N2O3/c1-4-6-7-8-9-10-11-12-13-14-15-16-17-18-19-23-26-34(31(35)30(33)28(3)5-2)32(36)37-27-29-24-21-20-22-25-29/h20-22,24-25,28,30H,4-19,23,26-27,33H2,1-3H3/t28-,30-/m0/s1. The Balaban J connectivity index is 2.23. The lowest BCUT2D eigenvalue weighted by Gasteiger charge is -2.26. The Kier molecular flexibility index (Phi) is 19.8. The molecular weight excluding hydrogens is 460 g/mol. The summed E-state index contributed by atoms with van der Waals surface area (Å²) in [5, 5.41) is 0. The number of amides is 2. The van der Waals surface area contributed by atoms with Gasteiger partial charge in [-0.1, -0.05) is 154 Å². The van der Waals surface area contributed by atoms with Gasteiger partial charge in [-0.05, 0) is 17.9 Å². The smallest absolute Gasteiger partial charge is 0.416 e. The molecule has 0 saturated carbocycles. The van der Waals surface area contributed by atoms with Crippen molar-refractivity contribution in [1.82, 2.24) is 4.90 Å². The molecule has 0 aliphatic carbocycles. The number of unbranched alkanes of at least 4 members (excludes halogenated alkanes) is 15. The summed E-state index contributed by atoms with van der Waals surface area (Å²) in [6.45, 7) is 6.75. The Hall–Kier alpha value is -1.88. The van der Waals surface area contributed by atoms with Crippen molar-refractivity contribution in [1.29, 1.82) is 0 Å². The number of benzene rings is 1. The van der Waals surface area contributed by atoms with Crippen molar-refractivity contribution >= 4 is 12.0 Å². The summed E-state index contributed by atoms with van der Waals surface area (Å²) in [5.41, 5.74) is 7.08. The number of hydrogen-bond donors (Lipinski definition) is 1. The quantitative estimate of drug-likeness (QED) is 0.156. The van der Waals surface area contributed by atoms with E-state index < -0.39 is 12.1 Å². The molecule has 0 unspecified atom stereocenters. The second kappa shape index (κ2) is 22.1. The zero-order chi connectivity index (χ0) is 27.1. The van der Waals surface area contributed by atoms with Gasteiger partial charge in [0, 0.05) is 6.54 Å². The first-order valence-corrected chi connectivity index (χ1v) is 15.3. The average molecular weight is 517 g/mol. The monoisotopic (exact) mass is 516 g/mol. The van der Waals surface area contributed by atoms with E-state index >= 15 is 0 Å². The molecule has 1 aromatic carbocycles. The van der Waals surface area contributed by atoms with Gasteiger partial charge in [0.2, 0.25) is 5.91 Å². The number of hydrogen-bond acceptors (Lipinski definition) is 4. The van der Waals surface area contributed by atoms with Gasteiger partial charge in [-0.25, -0.2) is 9.69 Å². The number of imide groups is 1. The Morgan fingerprint density at radius 1 is 0.757 bits per heavy atom. The Labute approximate surface area is 227 Å². The van der Waals surface area contributed by atoms with E-state index in [9.17, 15) is 9.59 Å². The van der Waals surface area contributed by atoms with Crippen LogP contribution in [0.1, 0.15) is 135 Å². The van der Waals surface area contributed by atoms with Crippen molar-refractivity contribution in [3.63, 3.8) is 0 Å². The van der Waals surface area contributed by atoms with E-state index in [1.54, 1.807) is 0 Å². The van der Waals surface area contributed by atoms with Crippen LogP contribution >= 0.6 is 0 Å². The van der Waals surface area contributed by atoms with E-state index in [2.05, 4.69) is 6.92 Å². The van der Waals surface area contributed by atoms with E-state index in [1.165, 1.54) is 88.4 Å². The van der Waals surface area contributed by atoms with Crippen molar-refractivity contribution in [3.8, 4) is 0 Å². The Morgan fingerprint density at radius 2 is 1.22 bits per heavy atom. The van der Waals surface area contributed by atoms with E-state index in [0.29, 0.717) is 6.54 Å².